The van der Waals surface area contributed by atoms with Crippen LogP contribution in [0, 0.1) is 5.82 Å². The van der Waals surface area contributed by atoms with Gasteiger partial charge in [-0.15, -0.1) is 0 Å². The van der Waals surface area contributed by atoms with Crippen molar-refractivity contribution in [3.8, 4) is 0 Å². The molecule has 1 N–H and O–H groups in total. The molecule has 2 aromatic carbocycles. The fourth-order valence-corrected chi connectivity index (χ4v) is 2.83. The molecule has 0 aliphatic rings. The molecule has 3 aromatic rings. The van der Waals surface area contributed by atoms with E-state index in [4.69, 9.17) is 11.6 Å². The van der Waals surface area contributed by atoms with E-state index in [-0.39, 0.29) is 17.1 Å². The Labute approximate surface area is 158 Å². The molecule has 0 bridgehead atoms. The topological polar surface area (TPSA) is 81.4 Å². The van der Waals surface area contributed by atoms with Gasteiger partial charge in [-0.1, -0.05) is 17.7 Å². The van der Waals surface area contributed by atoms with E-state index in [9.17, 15) is 19.1 Å². The number of hydrogen-bond donors (Lipinski definition) is 1. The van der Waals surface area contributed by atoms with Gasteiger partial charge in [0.1, 0.15) is 5.82 Å². The van der Waals surface area contributed by atoms with Gasteiger partial charge in [0, 0.05) is 16.5 Å². The number of nitrogens with zero attached hydrogens (tertiary/aromatic N) is 2. The average Bonchev–Trinajstić information content (AvgIpc) is 2.99. The summed E-state index contributed by atoms with van der Waals surface area (Å²) in [7, 11) is 1.26. The number of ether oxygens (including phenoxy) is 1. The van der Waals surface area contributed by atoms with Gasteiger partial charge in [-0.2, -0.15) is 5.10 Å². The van der Waals surface area contributed by atoms with E-state index in [0.717, 1.165) is 0 Å². The number of aromatic nitrogens is 2. The molecule has 0 aliphatic carbocycles. The minimum absolute atomic E-state index is 0.0948. The molecule has 27 heavy (non-hydrogen) atoms. The molecule has 0 unspecified atom stereocenters. The molecule has 6 nitrogen and oxygen atoms in total. The summed E-state index contributed by atoms with van der Waals surface area (Å²) in [4.78, 5) is 22.7. The van der Waals surface area contributed by atoms with Crippen LogP contribution in [0.25, 0.3) is 17.0 Å². The second kappa shape index (κ2) is 7.59. The van der Waals surface area contributed by atoms with Crippen LogP contribution in [0.3, 0.4) is 0 Å². The minimum Gasteiger partial charge on any atom is -0.478 e. The van der Waals surface area contributed by atoms with E-state index in [2.05, 4.69) is 9.84 Å². The number of rotatable bonds is 5. The van der Waals surface area contributed by atoms with Crippen molar-refractivity contribution in [1.82, 2.24) is 9.78 Å². The summed E-state index contributed by atoms with van der Waals surface area (Å²) in [6.45, 7) is 0.199. The largest absolute Gasteiger partial charge is 0.478 e. The lowest BCUT2D eigenvalue weighted by Gasteiger charge is -2.06. The zero-order valence-corrected chi connectivity index (χ0v) is 14.9. The fraction of sp³-hybridized carbons (Fsp3) is 0.105. The fourth-order valence-electron chi connectivity index (χ4n) is 2.60. The summed E-state index contributed by atoms with van der Waals surface area (Å²) in [5.74, 6) is -2.07. The molecule has 0 saturated heterocycles. The van der Waals surface area contributed by atoms with E-state index >= 15 is 0 Å². The normalized spacial score (nSPS) is 11.2. The van der Waals surface area contributed by atoms with Crippen LogP contribution in [0.4, 0.5) is 4.39 Å². The monoisotopic (exact) mass is 388 g/mol. The van der Waals surface area contributed by atoms with Crippen LogP contribution in [0.5, 0.6) is 0 Å². The lowest BCUT2D eigenvalue weighted by atomic mass is 10.1. The third-order valence-corrected chi connectivity index (χ3v) is 4.29. The Morgan fingerprint density at radius 2 is 2.07 bits per heavy atom. The van der Waals surface area contributed by atoms with Crippen LogP contribution in [-0.4, -0.2) is 33.9 Å². The molecule has 0 aliphatic heterocycles. The first-order valence-electron chi connectivity index (χ1n) is 7.83. The van der Waals surface area contributed by atoms with Gasteiger partial charge >= 0.3 is 11.9 Å². The second-order valence-electron chi connectivity index (χ2n) is 5.67. The maximum Gasteiger partial charge on any atom is 0.335 e. The first kappa shape index (κ1) is 18.6. The van der Waals surface area contributed by atoms with Gasteiger partial charge < -0.3 is 9.84 Å². The van der Waals surface area contributed by atoms with Gasteiger partial charge in [-0.3, -0.25) is 4.68 Å². The van der Waals surface area contributed by atoms with Gasteiger partial charge in [0.2, 0.25) is 0 Å². The highest BCUT2D eigenvalue weighted by Gasteiger charge is 2.14. The Morgan fingerprint density at radius 3 is 2.74 bits per heavy atom. The second-order valence-corrected chi connectivity index (χ2v) is 6.08. The smallest absolute Gasteiger partial charge is 0.335 e. The quantitative estimate of drug-likeness (QED) is 0.531. The highest BCUT2D eigenvalue weighted by molar-refractivity contribution is 6.31. The lowest BCUT2D eigenvalue weighted by Crippen LogP contribution is -2.04. The molecule has 1 heterocycles. The highest BCUT2D eigenvalue weighted by Crippen LogP contribution is 2.25. The lowest BCUT2D eigenvalue weighted by molar-refractivity contribution is -0.134. The Bertz CT molecular complexity index is 1080. The third-order valence-electron chi connectivity index (χ3n) is 3.94. The number of aromatic carboxylic acids is 1. The SMILES string of the molecule is COC(=O)C=Cc1nn(Cc2ccc(F)cc2Cl)c2cc(C(=O)O)ccc12. The Balaban J connectivity index is 2.11. The van der Waals surface area contributed by atoms with E-state index in [1.165, 1.54) is 49.6 Å². The van der Waals surface area contributed by atoms with Crippen molar-refractivity contribution in [2.24, 2.45) is 0 Å². The van der Waals surface area contributed by atoms with Crippen molar-refractivity contribution in [3.63, 3.8) is 0 Å². The van der Waals surface area contributed by atoms with E-state index in [0.29, 0.717) is 22.2 Å². The van der Waals surface area contributed by atoms with Crippen LogP contribution in [0.15, 0.2) is 42.5 Å². The molecule has 0 saturated carbocycles. The molecular formula is C19H14ClFN2O4. The molecular weight excluding hydrogens is 375 g/mol. The van der Waals surface area contributed by atoms with Gasteiger partial charge in [0.15, 0.2) is 0 Å². The number of carboxylic acids is 1. The molecule has 3 rings (SSSR count). The zero-order valence-electron chi connectivity index (χ0n) is 14.1. The van der Waals surface area contributed by atoms with Crippen molar-refractivity contribution in [3.05, 3.63) is 70.1 Å². The number of esters is 1. The number of halogens is 2. The van der Waals surface area contributed by atoms with Gasteiger partial charge in [-0.25, -0.2) is 14.0 Å². The predicted molar refractivity (Wildman–Crippen MR) is 98.3 cm³/mol. The molecule has 8 heteroatoms. The minimum atomic E-state index is -1.07. The summed E-state index contributed by atoms with van der Waals surface area (Å²) >= 11 is 6.09. The van der Waals surface area contributed by atoms with Crippen molar-refractivity contribution in [2.45, 2.75) is 6.54 Å². The van der Waals surface area contributed by atoms with Gasteiger partial charge in [0.05, 0.1) is 30.4 Å². The van der Waals surface area contributed by atoms with Crippen molar-refractivity contribution < 1.29 is 23.8 Å². The van der Waals surface area contributed by atoms with Crippen LogP contribution in [0.2, 0.25) is 5.02 Å². The highest BCUT2D eigenvalue weighted by atomic mass is 35.5. The number of carbonyl (C=O) groups is 2. The van der Waals surface area contributed by atoms with Crippen molar-refractivity contribution in [1.29, 1.82) is 0 Å². The first-order chi connectivity index (χ1) is 12.9. The number of carboxylic acid groups (broad SMARTS) is 1. The number of fused-ring (bicyclic) bond motifs is 1. The zero-order chi connectivity index (χ0) is 19.6. The van der Waals surface area contributed by atoms with Gasteiger partial charge in [-0.05, 0) is 42.0 Å². The summed E-state index contributed by atoms with van der Waals surface area (Å²) in [6, 6.07) is 8.58. The maximum absolute atomic E-state index is 13.3. The summed E-state index contributed by atoms with van der Waals surface area (Å²) in [5, 5.41) is 14.6. The Kier molecular flexibility index (Phi) is 5.23. The van der Waals surface area contributed by atoms with E-state index in [1.54, 1.807) is 10.7 Å². The molecule has 0 spiro atoms. The average molecular weight is 389 g/mol. The Hall–Kier alpha value is -3.19. The standard InChI is InChI=1S/C19H14ClFN2O4/c1-27-18(24)7-6-16-14-5-3-11(19(25)26)8-17(14)23(22-16)10-12-2-4-13(21)9-15(12)20/h2-9H,10H2,1H3,(H,25,26). The maximum atomic E-state index is 13.3. The molecule has 0 amide bonds. The van der Waals surface area contributed by atoms with Gasteiger partial charge in [0.25, 0.3) is 0 Å². The van der Waals surface area contributed by atoms with Crippen molar-refractivity contribution in [2.75, 3.05) is 7.11 Å². The molecule has 0 atom stereocenters. The summed E-state index contributed by atoms with van der Waals surface area (Å²) < 4.78 is 19.4. The summed E-state index contributed by atoms with van der Waals surface area (Å²) in [5.41, 5.74) is 1.72. The number of methoxy groups -OCH3 is 1. The van der Waals surface area contributed by atoms with E-state index < -0.39 is 17.8 Å². The van der Waals surface area contributed by atoms with E-state index in [1.807, 2.05) is 0 Å². The third kappa shape index (κ3) is 3.98. The number of hydrogen-bond acceptors (Lipinski definition) is 4. The van der Waals surface area contributed by atoms with Crippen molar-refractivity contribution >= 4 is 40.5 Å². The molecule has 0 fully saturated rings. The van der Waals surface area contributed by atoms with Crippen LogP contribution in [-0.2, 0) is 16.1 Å². The Morgan fingerprint density at radius 1 is 1.30 bits per heavy atom. The predicted octanol–water partition coefficient (Wildman–Crippen LogP) is 3.76. The molecule has 1 aromatic heterocycles. The van der Waals surface area contributed by atoms with Crippen LogP contribution in [0.1, 0.15) is 21.6 Å². The first-order valence-corrected chi connectivity index (χ1v) is 8.20. The molecule has 0 radical (unpaired) electrons. The number of benzene rings is 2. The summed E-state index contributed by atoms with van der Waals surface area (Å²) in [6.07, 6.45) is 2.71. The number of carbonyl (C=O) groups excluding carboxylic acids is 1. The van der Waals surface area contributed by atoms with Crippen LogP contribution >= 0.6 is 11.6 Å². The molecule has 138 valence electrons. The van der Waals surface area contributed by atoms with Crippen LogP contribution < -0.4 is 0 Å².